The molecule has 0 aromatic carbocycles. The number of hydrogen-bond donors (Lipinski definition) is 0. The van der Waals surface area contributed by atoms with Gasteiger partial charge in [0.25, 0.3) is 0 Å². The molecule has 0 spiro atoms. The van der Waals surface area contributed by atoms with Crippen molar-refractivity contribution in [3.8, 4) is 0 Å². The van der Waals surface area contributed by atoms with Crippen molar-refractivity contribution in [1.29, 1.82) is 0 Å². The van der Waals surface area contributed by atoms with Crippen molar-refractivity contribution in [2.24, 2.45) is 23.2 Å². The Labute approximate surface area is 109 Å². The average molecular weight is 236 g/mol. The smallest absolute Gasteiger partial charge is 0.0180 e. The molecule has 100 valence electrons. The van der Waals surface area contributed by atoms with E-state index in [0.717, 1.165) is 17.8 Å². The zero-order chi connectivity index (χ0) is 13.1. The Morgan fingerprint density at radius 2 is 1.82 bits per heavy atom. The van der Waals surface area contributed by atoms with Gasteiger partial charge < -0.3 is 0 Å². The maximum Gasteiger partial charge on any atom is -0.0180 e. The predicted molar refractivity (Wildman–Crippen MR) is 78.1 cm³/mol. The molecule has 0 N–H and O–H groups in total. The second-order valence-electron chi connectivity index (χ2n) is 7.46. The van der Waals surface area contributed by atoms with Crippen LogP contribution in [-0.4, -0.2) is 0 Å². The minimum atomic E-state index is 0.504. The van der Waals surface area contributed by atoms with Gasteiger partial charge >= 0.3 is 0 Å². The number of rotatable bonds is 5. The molecule has 0 heteroatoms. The lowest BCUT2D eigenvalue weighted by Gasteiger charge is -2.38. The van der Waals surface area contributed by atoms with Crippen LogP contribution in [0.4, 0.5) is 0 Å². The summed E-state index contributed by atoms with van der Waals surface area (Å²) in [6, 6.07) is 0. The van der Waals surface area contributed by atoms with E-state index in [1.807, 2.05) is 0 Å². The fourth-order valence-corrected chi connectivity index (χ4v) is 4.00. The van der Waals surface area contributed by atoms with Crippen LogP contribution in [0.15, 0.2) is 12.2 Å². The normalized spacial score (nSPS) is 26.2. The molecule has 0 bridgehead atoms. The lowest BCUT2D eigenvalue weighted by atomic mass is 9.67. The first-order valence-electron chi connectivity index (χ1n) is 7.47. The Hall–Kier alpha value is -0.260. The molecular weight excluding hydrogens is 204 g/mol. The molecule has 0 aromatic heterocycles. The Morgan fingerprint density at radius 3 is 2.35 bits per heavy atom. The van der Waals surface area contributed by atoms with Crippen molar-refractivity contribution in [3.05, 3.63) is 12.2 Å². The molecule has 17 heavy (non-hydrogen) atoms. The van der Waals surface area contributed by atoms with Crippen molar-refractivity contribution in [2.45, 2.75) is 73.1 Å². The van der Waals surface area contributed by atoms with Gasteiger partial charge in [0, 0.05) is 0 Å². The van der Waals surface area contributed by atoms with E-state index in [0.29, 0.717) is 5.41 Å². The summed E-state index contributed by atoms with van der Waals surface area (Å²) in [5.74, 6) is 2.52. The summed E-state index contributed by atoms with van der Waals surface area (Å²) in [6.45, 7) is 16.1. The van der Waals surface area contributed by atoms with E-state index in [4.69, 9.17) is 0 Å². The second-order valence-corrected chi connectivity index (χ2v) is 7.46. The van der Waals surface area contributed by atoms with Gasteiger partial charge in [-0.25, -0.2) is 0 Å². The first-order chi connectivity index (χ1) is 7.82. The molecule has 0 saturated heterocycles. The summed E-state index contributed by atoms with van der Waals surface area (Å²) in [5.41, 5.74) is 1.93. The zero-order valence-corrected chi connectivity index (χ0v) is 12.7. The van der Waals surface area contributed by atoms with Gasteiger partial charge in [-0.1, -0.05) is 52.7 Å². The highest BCUT2D eigenvalue weighted by Gasteiger charge is 2.31. The van der Waals surface area contributed by atoms with E-state index in [-0.39, 0.29) is 0 Å². The molecule has 0 aromatic rings. The largest absolute Gasteiger partial charge is 0.0999 e. The number of hydrogen-bond acceptors (Lipinski definition) is 0. The van der Waals surface area contributed by atoms with Crippen LogP contribution in [0.1, 0.15) is 73.1 Å². The first kappa shape index (κ1) is 14.8. The van der Waals surface area contributed by atoms with Gasteiger partial charge in [0.15, 0.2) is 0 Å². The molecule has 0 radical (unpaired) electrons. The van der Waals surface area contributed by atoms with Crippen LogP contribution in [-0.2, 0) is 0 Å². The molecule has 1 fully saturated rings. The highest BCUT2D eigenvalue weighted by molar-refractivity contribution is 5.01. The molecule has 0 aliphatic heterocycles. The van der Waals surface area contributed by atoms with Gasteiger partial charge in [-0.2, -0.15) is 0 Å². The van der Waals surface area contributed by atoms with E-state index in [1.54, 1.807) is 0 Å². The van der Waals surface area contributed by atoms with Crippen LogP contribution in [0, 0.1) is 23.2 Å². The van der Waals surface area contributed by atoms with E-state index < -0.39 is 0 Å². The Bertz CT molecular complexity index is 247. The topological polar surface area (TPSA) is 0 Å². The molecule has 1 aliphatic rings. The molecule has 1 aliphatic carbocycles. The van der Waals surface area contributed by atoms with Crippen LogP contribution in [0.2, 0.25) is 0 Å². The van der Waals surface area contributed by atoms with Crippen LogP contribution in [0.3, 0.4) is 0 Å². The predicted octanol–water partition coefficient (Wildman–Crippen LogP) is 5.83. The van der Waals surface area contributed by atoms with E-state index in [9.17, 15) is 0 Å². The van der Waals surface area contributed by atoms with Gasteiger partial charge in [0.1, 0.15) is 0 Å². The third kappa shape index (κ3) is 4.85. The van der Waals surface area contributed by atoms with Crippen LogP contribution in [0.5, 0.6) is 0 Å². The standard InChI is InChI=1S/C17H32/c1-13(2)11-17(5,6)12-15-9-7-8-10-16(15)14(3)4/h13,15-16H,3,7-12H2,1-2,4-6H3. The molecule has 1 saturated carbocycles. The lowest BCUT2D eigenvalue weighted by Crippen LogP contribution is -2.27. The fraction of sp³-hybridized carbons (Fsp3) is 0.882. The van der Waals surface area contributed by atoms with Gasteiger partial charge in [0.2, 0.25) is 0 Å². The van der Waals surface area contributed by atoms with E-state index >= 15 is 0 Å². The lowest BCUT2D eigenvalue weighted by molar-refractivity contribution is 0.157. The third-order valence-corrected chi connectivity index (χ3v) is 4.32. The van der Waals surface area contributed by atoms with Crippen molar-refractivity contribution in [3.63, 3.8) is 0 Å². The molecule has 0 heterocycles. The second kappa shape index (κ2) is 6.07. The van der Waals surface area contributed by atoms with Crippen molar-refractivity contribution in [2.75, 3.05) is 0 Å². The highest BCUT2D eigenvalue weighted by atomic mass is 14.4. The average Bonchev–Trinajstić information content (AvgIpc) is 2.14. The maximum absolute atomic E-state index is 4.22. The van der Waals surface area contributed by atoms with Gasteiger partial charge in [0.05, 0.1) is 0 Å². The quantitative estimate of drug-likeness (QED) is 0.527. The third-order valence-electron chi connectivity index (χ3n) is 4.32. The Morgan fingerprint density at radius 1 is 1.24 bits per heavy atom. The van der Waals surface area contributed by atoms with Crippen LogP contribution in [0.25, 0.3) is 0 Å². The van der Waals surface area contributed by atoms with Gasteiger partial charge in [-0.05, 0) is 55.8 Å². The van der Waals surface area contributed by atoms with Crippen LogP contribution >= 0.6 is 0 Å². The molecule has 2 atom stereocenters. The van der Waals surface area contributed by atoms with Crippen molar-refractivity contribution < 1.29 is 0 Å². The van der Waals surface area contributed by atoms with Crippen LogP contribution < -0.4 is 0 Å². The Balaban J connectivity index is 2.60. The summed E-state index contributed by atoms with van der Waals surface area (Å²) in [4.78, 5) is 0. The SMILES string of the molecule is C=C(C)C1CCCCC1CC(C)(C)CC(C)C. The minimum absolute atomic E-state index is 0.504. The fourth-order valence-electron chi connectivity index (χ4n) is 4.00. The van der Waals surface area contributed by atoms with Gasteiger partial charge in [-0.3, -0.25) is 0 Å². The minimum Gasteiger partial charge on any atom is -0.0999 e. The van der Waals surface area contributed by atoms with E-state index in [2.05, 4.69) is 41.2 Å². The molecule has 1 rings (SSSR count). The van der Waals surface area contributed by atoms with Gasteiger partial charge in [-0.15, -0.1) is 0 Å². The summed E-state index contributed by atoms with van der Waals surface area (Å²) in [5, 5.41) is 0. The summed E-state index contributed by atoms with van der Waals surface area (Å²) in [6.07, 6.45) is 8.41. The summed E-state index contributed by atoms with van der Waals surface area (Å²) < 4.78 is 0. The first-order valence-corrected chi connectivity index (χ1v) is 7.47. The zero-order valence-electron chi connectivity index (χ0n) is 12.7. The summed E-state index contributed by atoms with van der Waals surface area (Å²) >= 11 is 0. The number of allylic oxidation sites excluding steroid dienone is 1. The summed E-state index contributed by atoms with van der Waals surface area (Å²) in [7, 11) is 0. The molecule has 0 amide bonds. The monoisotopic (exact) mass is 236 g/mol. The molecule has 0 nitrogen and oxygen atoms in total. The maximum atomic E-state index is 4.22. The van der Waals surface area contributed by atoms with E-state index in [1.165, 1.54) is 44.1 Å². The highest BCUT2D eigenvalue weighted by Crippen LogP contribution is 2.43. The van der Waals surface area contributed by atoms with Crippen molar-refractivity contribution in [1.82, 2.24) is 0 Å². The molecule has 2 unspecified atom stereocenters. The Kier molecular flexibility index (Phi) is 5.28. The van der Waals surface area contributed by atoms with Crippen molar-refractivity contribution >= 4 is 0 Å². The molecular formula is C17H32.